The molecule has 1 atom stereocenters. The summed E-state index contributed by atoms with van der Waals surface area (Å²) < 4.78 is 0. The first kappa shape index (κ1) is 21.4. The van der Waals surface area contributed by atoms with Crippen LogP contribution >= 0.6 is 22.9 Å². The van der Waals surface area contributed by atoms with Gasteiger partial charge in [-0.25, -0.2) is 4.98 Å². The lowest BCUT2D eigenvalue weighted by atomic mass is 9.55. The highest BCUT2D eigenvalue weighted by molar-refractivity contribution is 7.13. The molecule has 5 nitrogen and oxygen atoms in total. The quantitative estimate of drug-likeness (QED) is 0.349. The number of carbonyl (C=O) groups is 1. The maximum Gasteiger partial charge on any atom is 0.247 e. The number of thiazole rings is 1. The van der Waals surface area contributed by atoms with Gasteiger partial charge in [0.1, 0.15) is 11.3 Å². The summed E-state index contributed by atoms with van der Waals surface area (Å²) in [5.41, 5.74) is 11.7. The van der Waals surface area contributed by atoms with Crippen molar-refractivity contribution < 1.29 is 9.90 Å². The number of alkyl halides is 1. The number of carbonyl (C=O) groups excluding carboxylic acids is 1. The van der Waals surface area contributed by atoms with Crippen molar-refractivity contribution >= 4 is 34.0 Å². The van der Waals surface area contributed by atoms with Crippen molar-refractivity contribution in [1.29, 1.82) is 0 Å². The van der Waals surface area contributed by atoms with Gasteiger partial charge in [-0.15, -0.1) is 22.9 Å². The molecule has 4 aromatic rings. The smallest absolute Gasteiger partial charge is 0.247 e. The van der Waals surface area contributed by atoms with Crippen molar-refractivity contribution in [2.75, 3.05) is 5.32 Å². The van der Waals surface area contributed by atoms with Gasteiger partial charge in [0.05, 0.1) is 10.6 Å². The predicted octanol–water partition coefficient (Wildman–Crippen LogP) is 5.11. The summed E-state index contributed by atoms with van der Waals surface area (Å²) in [5, 5.41) is 14.9. The topological polar surface area (TPSA) is 88.2 Å². The second-order valence-corrected chi connectivity index (χ2v) is 10.6. The molecule has 170 valence electrons. The van der Waals surface area contributed by atoms with Crippen molar-refractivity contribution in [3.8, 4) is 5.75 Å². The van der Waals surface area contributed by atoms with Crippen molar-refractivity contribution in [3.63, 3.8) is 0 Å². The Bertz CT molecular complexity index is 1370. The number of phenolic OH excluding ortho intramolecular Hbond substituents is 1. The Balaban J connectivity index is 1.31. The van der Waals surface area contributed by atoms with E-state index in [1.54, 1.807) is 12.1 Å². The number of benzene rings is 3. The summed E-state index contributed by atoms with van der Waals surface area (Å²) in [5.74, 6) is -0.348. The number of aromatic hydroxyl groups is 1. The molecule has 1 aromatic heterocycles. The van der Waals surface area contributed by atoms with Crippen molar-refractivity contribution in [2.45, 2.75) is 29.2 Å². The first-order chi connectivity index (χ1) is 16.4. The lowest BCUT2D eigenvalue weighted by molar-refractivity contribution is -0.122. The van der Waals surface area contributed by atoms with E-state index in [2.05, 4.69) is 10.3 Å². The molecule has 1 heterocycles. The van der Waals surface area contributed by atoms with E-state index in [4.69, 9.17) is 17.3 Å². The molecule has 0 saturated heterocycles. The molecule has 7 heteroatoms. The van der Waals surface area contributed by atoms with Gasteiger partial charge < -0.3 is 16.2 Å². The average molecular weight is 488 g/mol. The molecule has 3 aromatic carbocycles. The Morgan fingerprint density at radius 2 is 1.68 bits per heavy atom. The van der Waals surface area contributed by atoms with Gasteiger partial charge in [0, 0.05) is 24.1 Å². The van der Waals surface area contributed by atoms with Gasteiger partial charge in [0.2, 0.25) is 5.91 Å². The van der Waals surface area contributed by atoms with Gasteiger partial charge >= 0.3 is 0 Å². The Labute approximate surface area is 206 Å². The van der Waals surface area contributed by atoms with Crippen molar-refractivity contribution in [3.05, 3.63) is 112 Å². The largest absolute Gasteiger partial charge is 0.508 e. The first-order valence-corrected chi connectivity index (χ1v) is 12.3. The predicted molar refractivity (Wildman–Crippen MR) is 135 cm³/mol. The minimum absolute atomic E-state index is 0.227. The first-order valence-electron chi connectivity index (χ1n) is 11.1. The maximum atomic E-state index is 13.7. The third-order valence-corrected chi connectivity index (χ3v) is 8.31. The molecule has 0 saturated carbocycles. The Morgan fingerprint density at radius 1 is 1.06 bits per heavy atom. The molecule has 1 unspecified atom stereocenters. The fraction of sp³-hybridized carbons (Fsp3) is 0.185. The molecular formula is C27H22ClN3O2S. The van der Waals surface area contributed by atoms with E-state index in [9.17, 15) is 9.90 Å². The normalized spacial score (nSPS) is 24.4. The summed E-state index contributed by atoms with van der Waals surface area (Å²) in [4.78, 5) is 17.4. The van der Waals surface area contributed by atoms with Crippen LogP contribution < -0.4 is 11.1 Å². The van der Waals surface area contributed by atoms with E-state index in [0.29, 0.717) is 18.0 Å². The van der Waals surface area contributed by atoms with E-state index < -0.39 is 10.4 Å². The van der Waals surface area contributed by atoms with E-state index in [0.717, 1.165) is 33.5 Å². The molecular weight excluding hydrogens is 466 g/mol. The van der Waals surface area contributed by atoms with Crippen molar-refractivity contribution in [1.82, 2.24) is 4.98 Å². The summed E-state index contributed by atoms with van der Waals surface area (Å²) in [6, 6.07) is 23.1. The highest BCUT2D eigenvalue weighted by Gasteiger charge is 2.60. The molecule has 0 fully saturated rings. The van der Waals surface area contributed by atoms with Crippen LogP contribution in [0.4, 0.5) is 5.13 Å². The zero-order valence-electron chi connectivity index (χ0n) is 18.2. The number of anilines is 1. The number of hydrogen-bond donors (Lipinski definition) is 3. The van der Waals surface area contributed by atoms with Gasteiger partial charge in [-0.05, 0) is 39.9 Å². The third-order valence-electron chi connectivity index (χ3n) is 6.97. The van der Waals surface area contributed by atoms with Gasteiger partial charge in [-0.3, -0.25) is 4.79 Å². The number of aromatic nitrogens is 1. The highest BCUT2D eigenvalue weighted by Crippen LogP contribution is 2.61. The fourth-order valence-corrected chi connectivity index (χ4v) is 6.75. The van der Waals surface area contributed by atoms with Crippen LogP contribution in [0.2, 0.25) is 0 Å². The van der Waals surface area contributed by atoms with E-state index >= 15 is 0 Å². The minimum atomic E-state index is -1.22. The van der Waals surface area contributed by atoms with Gasteiger partial charge in [-0.2, -0.15) is 0 Å². The van der Waals surface area contributed by atoms with Crippen LogP contribution in [-0.2, 0) is 16.1 Å². The lowest BCUT2D eigenvalue weighted by Gasteiger charge is -2.54. The Morgan fingerprint density at radius 3 is 2.32 bits per heavy atom. The molecule has 7 rings (SSSR count). The van der Waals surface area contributed by atoms with Gasteiger partial charge in [-0.1, -0.05) is 60.7 Å². The number of nitrogens with one attached hydrogen (secondary N) is 1. The zero-order valence-corrected chi connectivity index (χ0v) is 19.7. The number of nitrogens with zero attached hydrogens (tertiary/aromatic N) is 1. The molecule has 1 amide bonds. The van der Waals surface area contributed by atoms with Crippen LogP contribution in [0.1, 0.15) is 45.8 Å². The molecule has 0 radical (unpaired) electrons. The summed E-state index contributed by atoms with van der Waals surface area (Å²) >= 11 is 8.68. The summed E-state index contributed by atoms with van der Waals surface area (Å²) in [7, 11) is 0. The van der Waals surface area contributed by atoms with Crippen LogP contribution in [0.25, 0.3) is 0 Å². The monoisotopic (exact) mass is 487 g/mol. The molecule has 3 aliphatic rings. The second-order valence-electron chi connectivity index (χ2n) is 9.07. The van der Waals surface area contributed by atoms with Crippen LogP contribution in [-0.4, -0.2) is 21.5 Å². The number of rotatable bonds is 4. The van der Waals surface area contributed by atoms with E-state index in [1.165, 1.54) is 11.3 Å². The van der Waals surface area contributed by atoms with Gasteiger partial charge in [0.25, 0.3) is 0 Å². The summed E-state index contributed by atoms with van der Waals surface area (Å²) in [6.07, 6.45) is 0.909. The Hall–Kier alpha value is -3.19. The lowest BCUT2D eigenvalue weighted by Crippen LogP contribution is -2.64. The average Bonchev–Trinajstić information content (AvgIpc) is 3.27. The number of nitrogens with two attached hydrogens (primary N) is 1. The van der Waals surface area contributed by atoms with Crippen LogP contribution in [0, 0.1) is 0 Å². The number of phenols is 1. The molecule has 3 aliphatic carbocycles. The molecule has 2 bridgehead atoms. The molecule has 34 heavy (non-hydrogen) atoms. The summed E-state index contributed by atoms with van der Waals surface area (Å²) in [6.45, 7) is 0. The van der Waals surface area contributed by atoms with E-state index in [1.807, 2.05) is 66.0 Å². The van der Waals surface area contributed by atoms with Crippen LogP contribution in [0.3, 0.4) is 0 Å². The van der Waals surface area contributed by atoms with Crippen LogP contribution in [0.5, 0.6) is 5.75 Å². The molecule has 4 N–H and O–H groups in total. The molecule has 0 spiro atoms. The Kier molecular flexibility index (Phi) is 4.81. The van der Waals surface area contributed by atoms with Crippen molar-refractivity contribution in [2.24, 2.45) is 5.73 Å². The third kappa shape index (κ3) is 3.17. The van der Waals surface area contributed by atoms with Crippen LogP contribution in [0.15, 0.2) is 78.2 Å². The highest BCUT2D eigenvalue weighted by atomic mass is 35.5. The van der Waals surface area contributed by atoms with E-state index in [-0.39, 0.29) is 17.6 Å². The molecule has 0 aliphatic heterocycles. The number of fused-ring (bicyclic) bond motifs is 1. The minimum Gasteiger partial charge on any atom is -0.508 e. The number of hydrogen-bond acceptors (Lipinski definition) is 5. The SMILES string of the molecule is NC1(C(=O)Nc2nc(Cc3ccc(O)cc3)cs2)CC2(Cl)c3ccccc3C1c1ccccc12. The standard InChI is InChI=1S/C27H22ClN3O2S/c28-26-15-27(29,23(19-5-1-3-7-21(19)26)20-6-2-4-8-22(20)26)24(33)31-25-30-17(14-34-25)13-16-9-11-18(32)12-10-16/h1-12,14,23,32H,13,15,29H2,(H,30,31,33). The second kappa shape index (κ2) is 7.67. The number of amides is 1. The fourth-order valence-electron chi connectivity index (χ4n) is 5.48. The zero-order chi connectivity index (χ0) is 23.5. The maximum absolute atomic E-state index is 13.7. The van der Waals surface area contributed by atoms with Gasteiger partial charge in [0.15, 0.2) is 5.13 Å². The number of halogens is 1.